The van der Waals surface area contributed by atoms with Gasteiger partial charge in [-0.25, -0.2) is 0 Å². The largest absolute Gasteiger partial charge is 0.325 e. The van der Waals surface area contributed by atoms with E-state index in [1.807, 2.05) is 48.3 Å². The van der Waals surface area contributed by atoms with Gasteiger partial charge in [-0.05, 0) is 49.4 Å². The first-order valence-electron chi connectivity index (χ1n) is 8.76. The second-order valence-electron chi connectivity index (χ2n) is 6.63. The van der Waals surface area contributed by atoms with E-state index in [1.54, 1.807) is 11.0 Å². The standard InChI is InChI=1S/C20H21Cl2N3O2/c1-24(12-14-4-2-5-17(21)20(14)22)13-18(26)23-15-7-9-16(10-8-15)25-11-3-6-19(25)27/h2,4-5,7-10H,3,6,11-13H2,1H3,(H,23,26). The van der Waals surface area contributed by atoms with Crippen LogP contribution in [0.2, 0.25) is 10.0 Å². The molecule has 1 saturated heterocycles. The van der Waals surface area contributed by atoms with E-state index in [9.17, 15) is 9.59 Å². The first-order valence-corrected chi connectivity index (χ1v) is 9.51. The van der Waals surface area contributed by atoms with Gasteiger partial charge in [0, 0.05) is 30.9 Å². The van der Waals surface area contributed by atoms with Crippen molar-refractivity contribution in [2.24, 2.45) is 0 Å². The Bertz CT molecular complexity index is 840. The Hall–Kier alpha value is -2.08. The maximum atomic E-state index is 12.3. The molecular weight excluding hydrogens is 385 g/mol. The van der Waals surface area contributed by atoms with E-state index in [0.717, 1.165) is 24.2 Å². The molecule has 7 heteroatoms. The van der Waals surface area contributed by atoms with Crippen LogP contribution in [0.15, 0.2) is 42.5 Å². The van der Waals surface area contributed by atoms with Crippen LogP contribution in [0, 0.1) is 0 Å². The molecule has 5 nitrogen and oxygen atoms in total. The lowest BCUT2D eigenvalue weighted by atomic mass is 10.2. The molecule has 27 heavy (non-hydrogen) atoms. The Kier molecular flexibility index (Phi) is 6.37. The molecule has 0 bridgehead atoms. The SMILES string of the molecule is CN(CC(=O)Nc1ccc(N2CCCC2=O)cc1)Cc1cccc(Cl)c1Cl. The van der Waals surface area contributed by atoms with Crippen molar-refractivity contribution >= 4 is 46.4 Å². The number of nitrogens with one attached hydrogen (secondary N) is 1. The maximum absolute atomic E-state index is 12.3. The average molecular weight is 406 g/mol. The molecular formula is C20H21Cl2N3O2. The molecule has 0 spiro atoms. The van der Waals surface area contributed by atoms with Gasteiger partial charge in [0.15, 0.2) is 0 Å². The predicted molar refractivity (Wildman–Crippen MR) is 109 cm³/mol. The van der Waals surface area contributed by atoms with Crippen LogP contribution in [0.5, 0.6) is 0 Å². The zero-order chi connectivity index (χ0) is 19.4. The summed E-state index contributed by atoms with van der Waals surface area (Å²) in [6.45, 7) is 1.49. The van der Waals surface area contributed by atoms with Crippen molar-refractivity contribution in [3.8, 4) is 0 Å². The highest BCUT2D eigenvalue weighted by atomic mass is 35.5. The zero-order valence-electron chi connectivity index (χ0n) is 15.0. The van der Waals surface area contributed by atoms with E-state index >= 15 is 0 Å². The summed E-state index contributed by atoms with van der Waals surface area (Å²) in [5.74, 6) is 0.0220. The third-order valence-corrected chi connectivity index (χ3v) is 5.28. The molecule has 1 aliphatic heterocycles. The number of likely N-dealkylation sites (N-methyl/N-ethyl adjacent to an activating group) is 1. The van der Waals surface area contributed by atoms with Crippen molar-refractivity contribution in [1.82, 2.24) is 4.90 Å². The van der Waals surface area contributed by atoms with Crippen LogP contribution in [0.3, 0.4) is 0 Å². The number of hydrogen-bond donors (Lipinski definition) is 1. The molecule has 0 atom stereocenters. The number of halogens is 2. The Balaban J connectivity index is 1.54. The van der Waals surface area contributed by atoms with Gasteiger partial charge in [0.05, 0.1) is 16.6 Å². The molecule has 0 radical (unpaired) electrons. The molecule has 0 aromatic heterocycles. The van der Waals surface area contributed by atoms with Crippen molar-refractivity contribution < 1.29 is 9.59 Å². The summed E-state index contributed by atoms with van der Waals surface area (Å²) in [6.07, 6.45) is 1.49. The molecule has 2 amide bonds. The molecule has 0 saturated carbocycles. The number of amides is 2. The molecule has 1 N–H and O–H groups in total. The normalized spacial score (nSPS) is 14.1. The fourth-order valence-corrected chi connectivity index (χ4v) is 3.49. The first kappa shape index (κ1) is 19.7. The summed E-state index contributed by atoms with van der Waals surface area (Å²) >= 11 is 12.2. The summed E-state index contributed by atoms with van der Waals surface area (Å²) in [7, 11) is 1.85. The van der Waals surface area contributed by atoms with E-state index in [-0.39, 0.29) is 18.4 Å². The molecule has 1 fully saturated rings. The van der Waals surface area contributed by atoms with Crippen LogP contribution in [0.1, 0.15) is 18.4 Å². The van der Waals surface area contributed by atoms with Crippen molar-refractivity contribution in [3.05, 3.63) is 58.1 Å². The minimum Gasteiger partial charge on any atom is -0.325 e. The zero-order valence-corrected chi connectivity index (χ0v) is 16.6. The third kappa shape index (κ3) is 5.01. The van der Waals surface area contributed by atoms with Crippen LogP contribution in [-0.2, 0) is 16.1 Å². The molecule has 3 rings (SSSR count). The summed E-state index contributed by atoms with van der Waals surface area (Å²) in [4.78, 5) is 27.7. The minimum atomic E-state index is -0.124. The van der Waals surface area contributed by atoms with E-state index < -0.39 is 0 Å². The molecule has 0 unspecified atom stereocenters. The van der Waals surface area contributed by atoms with Gasteiger partial charge in [0.2, 0.25) is 11.8 Å². The molecule has 1 aliphatic rings. The summed E-state index contributed by atoms with van der Waals surface area (Å²) in [6, 6.07) is 12.8. The van der Waals surface area contributed by atoms with E-state index in [1.165, 1.54) is 0 Å². The maximum Gasteiger partial charge on any atom is 0.238 e. The second-order valence-corrected chi connectivity index (χ2v) is 7.41. The van der Waals surface area contributed by atoms with Crippen molar-refractivity contribution in [2.45, 2.75) is 19.4 Å². The molecule has 2 aromatic carbocycles. The lowest BCUT2D eigenvalue weighted by molar-refractivity contribution is -0.117. The quantitative estimate of drug-likeness (QED) is 0.783. The fraction of sp³-hybridized carbons (Fsp3) is 0.300. The lowest BCUT2D eigenvalue weighted by Gasteiger charge is -2.18. The van der Waals surface area contributed by atoms with Crippen LogP contribution in [-0.4, -0.2) is 36.9 Å². The Labute approximate surface area is 168 Å². The van der Waals surface area contributed by atoms with Gasteiger partial charge in [-0.3, -0.25) is 14.5 Å². The minimum absolute atomic E-state index is 0.124. The van der Waals surface area contributed by atoms with Crippen molar-refractivity contribution in [3.63, 3.8) is 0 Å². The average Bonchev–Trinajstić information content (AvgIpc) is 3.05. The molecule has 1 heterocycles. The van der Waals surface area contributed by atoms with Crippen LogP contribution < -0.4 is 10.2 Å². The second kappa shape index (κ2) is 8.74. The Morgan fingerprint density at radius 1 is 1.19 bits per heavy atom. The molecule has 142 valence electrons. The first-order chi connectivity index (χ1) is 12.9. The number of benzene rings is 2. The van der Waals surface area contributed by atoms with Gasteiger partial charge in [0.1, 0.15) is 0 Å². The summed E-state index contributed by atoms with van der Waals surface area (Å²) in [5, 5.41) is 3.89. The lowest BCUT2D eigenvalue weighted by Crippen LogP contribution is -2.30. The smallest absolute Gasteiger partial charge is 0.238 e. The topological polar surface area (TPSA) is 52.7 Å². The van der Waals surface area contributed by atoms with E-state index in [0.29, 0.717) is 28.7 Å². The van der Waals surface area contributed by atoms with Gasteiger partial charge in [-0.1, -0.05) is 35.3 Å². The van der Waals surface area contributed by atoms with Crippen LogP contribution in [0.25, 0.3) is 0 Å². The number of hydrogen-bond acceptors (Lipinski definition) is 3. The van der Waals surface area contributed by atoms with Gasteiger partial charge in [0.25, 0.3) is 0 Å². The van der Waals surface area contributed by atoms with Crippen molar-refractivity contribution in [2.75, 3.05) is 30.4 Å². The monoisotopic (exact) mass is 405 g/mol. The third-order valence-electron chi connectivity index (χ3n) is 4.42. The van der Waals surface area contributed by atoms with Crippen molar-refractivity contribution in [1.29, 1.82) is 0 Å². The number of carbonyl (C=O) groups is 2. The Morgan fingerprint density at radius 3 is 2.59 bits per heavy atom. The number of rotatable bonds is 6. The van der Waals surface area contributed by atoms with E-state index in [4.69, 9.17) is 23.2 Å². The highest BCUT2D eigenvalue weighted by Gasteiger charge is 2.21. The molecule has 0 aliphatic carbocycles. The fourth-order valence-electron chi connectivity index (χ4n) is 3.11. The van der Waals surface area contributed by atoms with Crippen LogP contribution >= 0.6 is 23.2 Å². The number of anilines is 2. The number of nitrogens with zero attached hydrogens (tertiary/aromatic N) is 2. The summed E-state index contributed by atoms with van der Waals surface area (Å²) < 4.78 is 0. The van der Waals surface area contributed by atoms with Gasteiger partial charge >= 0.3 is 0 Å². The van der Waals surface area contributed by atoms with Crippen LogP contribution in [0.4, 0.5) is 11.4 Å². The predicted octanol–water partition coefficient (Wildman–Crippen LogP) is 4.19. The van der Waals surface area contributed by atoms with E-state index in [2.05, 4.69) is 5.32 Å². The number of carbonyl (C=O) groups excluding carboxylic acids is 2. The molecule has 2 aromatic rings. The van der Waals surface area contributed by atoms with Gasteiger partial charge in [-0.2, -0.15) is 0 Å². The van der Waals surface area contributed by atoms with Gasteiger partial charge < -0.3 is 10.2 Å². The Morgan fingerprint density at radius 2 is 1.93 bits per heavy atom. The highest BCUT2D eigenvalue weighted by Crippen LogP contribution is 2.26. The van der Waals surface area contributed by atoms with Gasteiger partial charge in [-0.15, -0.1) is 0 Å². The highest BCUT2D eigenvalue weighted by molar-refractivity contribution is 6.42. The summed E-state index contributed by atoms with van der Waals surface area (Å²) in [5.41, 5.74) is 2.44.